The average Bonchev–Trinajstić information content (AvgIpc) is 3.06. The Kier molecular flexibility index (Phi) is 12.0. The highest BCUT2D eigenvalue weighted by Crippen LogP contribution is 2.31. The predicted molar refractivity (Wildman–Crippen MR) is 158 cm³/mol. The number of carbonyl (C=O) groups excluding carboxylic acids is 4. The molecule has 1 fully saturated rings. The van der Waals surface area contributed by atoms with Crippen molar-refractivity contribution in [3.63, 3.8) is 0 Å². The second kappa shape index (κ2) is 16.3. The van der Waals surface area contributed by atoms with Crippen LogP contribution in [0.3, 0.4) is 0 Å². The van der Waals surface area contributed by atoms with E-state index < -0.39 is 54.6 Å². The first-order chi connectivity index (χ1) is 21.4. The molecular formula is C34H36O10. The zero-order chi connectivity index (χ0) is 31.3. The summed E-state index contributed by atoms with van der Waals surface area (Å²) in [6.07, 6.45) is -3.90. The first-order valence-electron chi connectivity index (χ1n) is 14.5. The van der Waals surface area contributed by atoms with Gasteiger partial charge in [-0.25, -0.2) is 14.4 Å². The van der Waals surface area contributed by atoms with Crippen LogP contribution in [0.4, 0.5) is 0 Å². The Morgan fingerprint density at radius 2 is 1.09 bits per heavy atom. The van der Waals surface area contributed by atoms with E-state index in [1.54, 1.807) is 91.0 Å². The highest BCUT2D eigenvalue weighted by Gasteiger charge is 2.53. The third-order valence-electron chi connectivity index (χ3n) is 6.97. The first-order valence-corrected chi connectivity index (χ1v) is 14.5. The van der Waals surface area contributed by atoms with Gasteiger partial charge in [-0.2, -0.15) is 0 Å². The quantitative estimate of drug-likeness (QED) is 0.147. The molecule has 5 atom stereocenters. The van der Waals surface area contributed by atoms with Gasteiger partial charge < -0.3 is 28.4 Å². The van der Waals surface area contributed by atoms with Gasteiger partial charge in [0.2, 0.25) is 0 Å². The first kappa shape index (κ1) is 32.4. The van der Waals surface area contributed by atoms with E-state index >= 15 is 0 Å². The molecule has 1 aliphatic heterocycles. The summed E-state index contributed by atoms with van der Waals surface area (Å²) in [5.74, 6) is -2.71. The third-order valence-corrected chi connectivity index (χ3v) is 6.97. The summed E-state index contributed by atoms with van der Waals surface area (Å²) in [6.45, 7) is 1.69. The van der Waals surface area contributed by atoms with Crippen molar-refractivity contribution < 1.29 is 47.6 Å². The fraction of sp³-hybridized carbons (Fsp3) is 0.353. The van der Waals surface area contributed by atoms with Crippen molar-refractivity contribution in [1.29, 1.82) is 0 Å². The summed E-state index contributed by atoms with van der Waals surface area (Å²) in [4.78, 5) is 52.4. The number of rotatable bonds is 13. The van der Waals surface area contributed by atoms with Gasteiger partial charge in [-0.05, 0) is 42.8 Å². The molecule has 0 spiro atoms. The van der Waals surface area contributed by atoms with Crippen LogP contribution in [0.25, 0.3) is 0 Å². The summed E-state index contributed by atoms with van der Waals surface area (Å²) in [7, 11) is 1.33. The minimum Gasteiger partial charge on any atom is -0.463 e. The number of esters is 4. The maximum Gasteiger partial charge on any atom is 0.338 e. The van der Waals surface area contributed by atoms with Crippen LogP contribution < -0.4 is 0 Å². The molecule has 10 nitrogen and oxygen atoms in total. The monoisotopic (exact) mass is 604 g/mol. The number of hydrogen-bond donors (Lipinski definition) is 0. The van der Waals surface area contributed by atoms with Crippen LogP contribution in [0.5, 0.6) is 0 Å². The molecule has 44 heavy (non-hydrogen) atoms. The van der Waals surface area contributed by atoms with Crippen molar-refractivity contribution in [2.75, 3.05) is 13.7 Å². The minimum absolute atomic E-state index is 0.201. The molecule has 232 valence electrons. The SMILES string of the molecule is CCCCCC(=O)OC[C@H]1O[C@H](OC)[C@H](OC(=O)c2ccccc2)[C@@H](OC(=O)c2ccccc2)[C@H]1OC(=O)c1ccccc1. The Labute approximate surface area is 256 Å². The van der Waals surface area contributed by atoms with Gasteiger partial charge in [-0.15, -0.1) is 0 Å². The summed E-state index contributed by atoms with van der Waals surface area (Å²) in [6, 6.07) is 24.6. The molecule has 10 heteroatoms. The molecule has 0 amide bonds. The van der Waals surface area contributed by atoms with Gasteiger partial charge in [0.05, 0.1) is 16.7 Å². The molecule has 0 N–H and O–H groups in total. The van der Waals surface area contributed by atoms with E-state index in [-0.39, 0.29) is 29.7 Å². The highest BCUT2D eigenvalue weighted by atomic mass is 16.7. The second-order valence-electron chi connectivity index (χ2n) is 10.1. The number of ether oxygens (including phenoxy) is 6. The van der Waals surface area contributed by atoms with Crippen LogP contribution in [-0.4, -0.2) is 68.3 Å². The highest BCUT2D eigenvalue weighted by molar-refractivity contribution is 5.91. The zero-order valence-electron chi connectivity index (χ0n) is 24.7. The molecule has 0 aromatic heterocycles. The number of methoxy groups -OCH3 is 1. The van der Waals surface area contributed by atoms with Gasteiger partial charge in [0, 0.05) is 13.5 Å². The van der Waals surface area contributed by atoms with Crippen molar-refractivity contribution in [2.24, 2.45) is 0 Å². The molecule has 0 bridgehead atoms. The van der Waals surface area contributed by atoms with Crippen molar-refractivity contribution >= 4 is 23.9 Å². The number of benzene rings is 3. The van der Waals surface area contributed by atoms with Gasteiger partial charge in [0.25, 0.3) is 0 Å². The maximum atomic E-state index is 13.4. The Balaban J connectivity index is 1.68. The third kappa shape index (κ3) is 8.75. The van der Waals surface area contributed by atoms with E-state index in [2.05, 4.69) is 0 Å². The van der Waals surface area contributed by atoms with Crippen molar-refractivity contribution in [2.45, 2.75) is 63.3 Å². The van der Waals surface area contributed by atoms with Crippen molar-refractivity contribution in [3.05, 3.63) is 108 Å². The Hall–Kier alpha value is -4.54. The van der Waals surface area contributed by atoms with Gasteiger partial charge >= 0.3 is 23.9 Å². The van der Waals surface area contributed by atoms with Crippen LogP contribution in [0.1, 0.15) is 63.7 Å². The molecule has 1 aliphatic rings. The topological polar surface area (TPSA) is 124 Å². The van der Waals surface area contributed by atoms with Crippen LogP contribution in [-0.2, 0) is 33.2 Å². The van der Waals surface area contributed by atoms with Gasteiger partial charge in [0.1, 0.15) is 12.7 Å². The predicted octanol–water partition coefficient (Wildman–Crippen LogP) is 5.16. The zero-order valence-corrected chi connectivity index (χ0v) is 24.7. The van der Waals surface area contributed by atoms with Crippen LogP contribution in [0, 0.1) is 0 Å². The lowest BCUT2D eigenvalue weighted by Gasteiger charge is -2.44. The maximum absolute atomic E-state index is 13.4. The number of hydrogen-bond acceptors (Lipinski definition) is 10. The Morgan fingerprint density at radius 1 is 0.636 bits per heavy atom. The normalized spacial score (nSPS) is 21.1. The fourth-order valence-electron chi connectivity index (χ4n) is 4.67. The molecule has 4 rings (SSSR count). The van der Waals surface area contributed by atoms with Crippen molar-refractivity contribution in [3.8, 4) is 0 Å². The lowest BCUT2D eigenvalue weighted by Crippen LogP contribution is -2.63. The molecule has 1 heterocycles. The van der Waals surface area contributed by atoms with E-state index in [0.717, 1.165) is 12.8 Å². The van der Waals surface area contributed by atoms with Gasteiger partial charge in [0.15, 0.2) is 24.6 Å². The van der Waals surface area contributed by atoms with Crippen LogP contribution in [0.15, 0.2) is 91.0 Å². The summed E-state index contributed by atoms with van der Waals surface area (Å²) in [5, 5.41) is 0. The molecule has 0 saturated carbocycles. The van der Waals surface area contributed by atoms with Crippen LogP contribution in [0.2, 0.25) is 0 Å². The summed E-state index contributed by atoms with van der Waals surface area (Å²) >= 11 is 0. The van der Waals surface area contributed by atoms with Crippen LogP contribution >= 0.6 is 0 Å². The summed E-state index contributed by atoms with van der Waals surface area (Å²) in [5.41, 5.74) is 0.673. The van der Waals surface area contributed by atoms with Gasteiger partial charge in [-0.1, -0.05) is 74.4 Å². The lowest BCUT2D eigenvalue weighted by atomic mass is 9.97. The second-order valence-corrected chi connectivity index (χ2v) is 10.1. The fourth-order valence-corrected chi connectivity index (χ4v) is 4.67. The lowest BCUT2D eigenvalue weighted by molar-refractivity contribution is -0.292. The molecule has 0 aliphatic carbocycles. The molecule has 0 unspecified atom stereocenters. The molecule has 0 radical (unpaired) electrons. The molecule has 3 aromatic rings. The van der Waals surface area contributed by atoms with Crippen molar-refractivity contribution in [1.82, 2.24) is 0 Å². The summed E-state index contributed by atoms with van der Waals surface area (Å²) < 4.78 is 34.8. The standard InChI is InChI=1S/C34H36O10/c1-3-4-8-21-27(35)40-22-26-28(42-31(36)23-15-9-5-10-16-23)29(43-32(37)24-17-11-6-12-18-24)30(34(39-2)41-26)44-33(38)25-19-13-7-14-20-25/h5-7,9-20,26,28-30,34H,3-4,8,21-22H2,1-2H3/t26-,28+,29+,30-,34+/m1/s1. The van der Waals surface area contributed by atoms with E-state index in [1.165, 1.54) is 7.11 Å². The van der Waals surface area contributed by atoms with E-state index in [0.29, 0.717) is 6.42 Å². The number of carbonyl (C=O) groups is 4. The molecular weight excluding hydrogens is 568 g/mol. The number of unbranched alkanes of at least 4 members (excludes halogenated alkanes) is 2. The Bertz CT molecular complexity index is 1360. The largest absolute Gasteiger partial charge is 0.463 e. The van der Waals surface area contributed by atoms with Gasteiger partial charge in [-0.3, -0.25) is 4.79 Å². The van der Waals surface area contributed by atoms with E-state index in [1.807, 2.05) is 6.92 Å². The average molecular weight is 605 g/mol. The molecule has 1 saturated heterocycles. The van der Waals surface area contributed by atoms with E-state index in [4.69, 9.17) is 28.4 Å². The Morgan fingerprint density at radius 3 is 1.55 bits per heavy atom. The van der Waals surface area contributed by atoms with E-state index in [9.17, 15) is 19.2 Å². The minimum atomic E-state index is -1.41. The molecule has 3 aromatic carbocycles. The smallest absolute Gasteiger partial charge is 0.338 e.